The molecule has 2 rings (SSSR count). The molecule has 0 aliphatic rings. The van der Waals surface area contributed by atoms with Gasteiger partial charge < -0.3 is 50.5 Å². The summed E-state index contributed by atoms with van der Waals surface area (Å²) in [7, 11) is 0. The van der Waals surface area contributed by atoms with Crippen LogP contribution in [0.4, 0.5) is 11.4 Å². The predicted molar refractivity (Wildman–Crippen MR) is 104 cm³/mol. The zero-order chi connectivity index (χ0) is 16.2. The van der Waals surface area contributed by atoms with E-state index in [2.05, 4.69) is 71.6 Å². The smallest absolute Gasteiger partial charge is 0.0560 e. The third-order valence-electron chi connectivity index (χ3n) is 2.10. The Bertz CT molecular complexity index is 545. The van der Waals surface area contributed by atoms with E-state index in [1.807, 2.05) is 60.7 Å². The monoisotopic (exact) mass is 422 g/mol. The maximum Gasteiger partial charge on any atom is 0.0560 e. The van der Waals surface area contributed by atoms with Crippen LogP contribution in [0.3, 0.4) is 0 Å². The van der Waals surface area contributed by atoms with Crippen molar-refractivity contribution < 1.29 is 16.5 Å². The molecule has 0 spiro atoms. The van der Waals surface area contributed by atoms with Gasteiger partial charge in [-0.25, -0.2) is 19.0 Å². The number of benzene rings is 2. The number of hydrogen-bond donors (Lipinski definition) is 2. The summed E-state index contributed by atoms with van der Waals surface area (Å²) >= 11 is 18.3. The molecule has 0 saturated heterocycles. The fraction of sp³-hybridized carbons (Fsp3) is 0. The molecular formula is C14H12N4NiS4-4. The molecule has 0 aliphatic heterocycles. The molecule has 2 aromatic carbocycles. The largest absolute Gasteiger partial charge is 0.787 e. The van der Waals surface area contributed by atoms with Crippen molar-refractivity contribution in [3.8, 4) is 0 Å². The molecule has 0 atom stereocenters. The number of rotatable bonds is 4. The van der Waals surface area contributed by atoms with Gasteiger partial charge in [-0.3, -0.25) is 10.9 Å². The van der Waals surface area contributed by atoms with Crippen molar-refractivity contribution in [2.45, 2.75) is 0 Å². The molecule has 126 valence electrons. The maximum absolute atomic E-state index is 4.58. The molecule has 4 nitrogen and oxygen atoms in total. The van der Waals surface area contributed by atoms with Crippen LogP contribution in [0.2, 0.25) is 0 Å². The second kappa shape index (κ2) is 13.2. The molecule has 2 aromatic rings. The molecule has 0 radical (unpaired) electrons. The van der Waals surface area contributed by atoms with E-state index in [4.69, 9.17) is 0 Å². The topological polar surface area (TPSA) is 48.8 Å². The van der Waals surface area contributed by atoms with E-state index in [0.717, 1.165) is 11.4 Å². The van der Waals surface area contributed by atoms with E-state index in [-0.39, 0.29) is 25.2 Å². The quantitative estimate of drug-likeness (QED) is 0.259. The van der Waals surface area contributed by atoms with Crippen molar-refractivity contribution >= 4 is 70.6 Å². The van der Waals surface area contributed by atoms with Crippen LogP contribution in [0.1, 0.15) is 0 Å². The van der Waals surface area contributed by atoms with Gasteiger partial charge in [0.05, 0.1) is 11.4 Å². The van der Waals surface area contributed by atoms with Crippen LogP contribution in [-0.4, -0.2) is 8.75 Å². The van der Waals surface area contributed by atoms with Crippen molar-refractivity contribution in [2.24, 2.45) is 10.2 Å². The zero-order valence-electron chi connectivity index (χ0n) is 11.6. The Kier molecular flexibility index (Phi) is 12.5. The normalized spacial score (nSPS) is 8.35. The molecule has 0 aromatic heterocycles. The van der Waals surface area contributed by atoms with Crippen LogP contribution in [0.5, 0.6) is 0 Å². The van der Waals surface area contributed by atoms with E-state index >= 15 is 0 Å². The fourth-order valence-electron chi connectivity index (χ4n) is 1.25. The summed E-state index contributed by atoms with van der Waals surface area (Å²) in [6, 6.07) is 19.0. The molecule has 0 aliphatic carbocycles. The minimum absolute atomic E-state index is 0. The van der Waals surface area contributed by atoms with E-state index in [1.165, 1.54) is 0 Å². The standard InChI is InChI=1S/2C7H8N2S2.Ni/c2*10-7(11)9-8-6-4-2-1-3-5-6;/h2*1-5,8H,(H2,9,10,11);/p-4. The van der Waals surface area contributed by atoms with Gasteiger partial charge in [0.15, 0.2) is 0 Å². The van der Waals surface area contributed by atoms with E-state index in [0.29, 0.717) is 0 Å². The first-order valence-corrected chi connectivity index (χ1v) is 7.67. The SMILES string of the molecule is [Ni].[S-]C([S-])=NNc1ccccc1.[S-]C([S-])=NNc1ccccc1. The summed E-state index contributed by atoms with van der Waals surface area (Å²) in [6.45, 7) is 0. The Morgan fingerprint density at radius 1 is 0.609 bits per heavy atom. The Hall–Kier alpha value is -1.25. The molecule has 0 amide bonds. The minimum atomic E-state index is 0. The number of hydrazone groups is 2. The van der Waals surface area contributed by atoms with E-state index in [9.17, 15) is 0 Å². The summed E-state index contributed by atoms with van der Waals surface area (Å²) in [5.41, 5.74) is 7.22. The predicted octanol–water partition coefficient (Wildman–Crippen LogP) is 2.92. The van der Waals surface area contributed by atoms with Crippen molar-refractivity contribution in [1.29, 1.82) is 0 Å². The van der Waals surface area contributed by atoms with Gasteiger partial charge in [-0.1, -0.05) is 36.4 Å². The van der Waals surface area contributed by atoms with Crippen molar-refractivity contribution in [1.82, 2.24) is 0 Å². The average Bonchev–Trinajstić information content (AvgIpc) is 2.53. The van der Waals surface area contributed by atoms with E-state index < -0.39 is 0 Å². The van der Waals surface area contributed by atoms with Crippen LogP contribution in [0.25, 0.3) is 0 Å². The first kappa shape index (κ1) is 21.8. The van der Waals surface area contributed by atoms with E-state index in [1.54, 1.807) is 0 Å². The number of para-hydroxylation sites is 2. The van der Waals surface area contributed by atoms with Crippen molar-refractivity contribution in [3.05, 3.63) is 60.7 Å². The summed E-state index contributed by atoms with van der Waals surface area (Å²) in [5.74, 6) is 0. The summed E-state index contributed by atoms with van der Waals surface area (Å²) < 4.78 is 0.378. The van der Waals surface area contributed by atoms with Crippen LogP contribution in [0, 0.1) is 0 Å². The maximum atomic E-state index is 4.58. The Labute approximate surface area is 168 Å². The Morgan fingerprint density at radius 2 is 0.913 bits per heavy atom. The van der Waals surface area contributed by atoms with Gasteiger partial charge in [0.1, 0.15) is 0 Å². The first-order valence-electron chi connectivity index (χ1n) is 6.03. The summed E-state index contributed by atoms with van der Waals surface area (Å²) in [6.07, 6.45) is 0. The molecule has 23 heavy (non-hydrogen) atoms. The number of nitrogens with zero attached hydrogens (tertiary/aromatic N) is 2. The minimum Gasteiger partial charge on any atom is -0.787 e. The zero-order valence-corrected chi connectivity index (χ0v) is 15.9. The van der Waals surface area contributed by atoms with Gasteiger partial charge in [-0.2, -0.15) is 0 Å². The molecule has 0 fully saturated rings. The number of hydrogen-bond acceptors (Lipinski definition) is 8. The summed E-state index contributed by atoms with van der Waals surface area (Å²) in [4.78, 5) is 0. The second-order valence-corrected chi connectivity index (χ2v) is 5.77. The molecule has 0 saturated carbocycles. The third-order valence-corrected chi connectivity index (χ3v) is 2.47. The van der Waals surface area contributed by atoms with Crippen LogP contribution < -0.4 is 10.9 Å². The average molecular weight is 423 g/mol. The van der Waals surface area contributed by atoms with Gasteiger partial charge >= 0.3 is 0 Å². The number of nitrogens with one attached hydrogen (secondary N) is 2. The van der Waals surface area contributed by atoms with Crippen LogP contribution in [-0.2, 0) is 67.0 Å². The van der Waals surface area contributed by atoms with Gasteiger partial charge in [0.25, 0.3) is 0 Å². The first-order chi connectivity index (χ1) is 10.6. The fourth-order valence-corrected chi connectivity index (χ4v) is 1.43. The van der Waals surface area contributed by atoms with Crippen molar-refractivity contribution in [3.63, 3.8) is 0 Å². The molecule has 0 heterocycles. The van der Waals surface area contributed by atoms with Gasteiger partial charge in [0.2, 0.25) is 0 Å². The molecule has 0 bridgehead atoms. The molecular weight excluding hydrogens is 411 g/mol. The second-order valence-electron chi connectivity index (χ2n) is 3.71. The molecule has 0 unspecified atom stereocenters. The summed E-state index contributed by atoms with van der Waals surface area (Å²) in [5, 5.41) is 7.38. The Morgan fingerprint density at radius 3 is 1.17 bits per heavy atom. The third kappa shape index (κ3) is 11.9. The Balaban J connectivity index is 0.000000403. The van der Waals surface area contributed by atoms with Gasteiger partial charge in [-0.05, 0) is 24.3 Å². The van der Waals surface area contributed by atoms with Gasteiger partial charge in [-0.15, -0.1) is 0 Å². The van der Waals surface area contributed by atoms with Crippen LogP contribution in [0.15, 0.2) is 70.9 Å². The molecule has 9 heteroatoms. The van der Waals surface area contributed by atoms with Crippen molar-refractivity contribution in [2.75, 3.05) is 10.9 Å². The van der Waals surface area contributed by atoms with Gasteiger partial charge in [0, 0.05) is 16.5 Å². The van der Waals surface area contributed by atoms with Crippen LogP contribution >= 0.6 is 0 Å². The number of anilines is 2. The molecule has 2 N–H and O–H groups in total.